The van der Waals surface area contributed by atoms with Gasteiger partial charge in [0.1, 0.15) is 0 Å². The van der Waals surface area contributed by atoms with E-state index in [1.54, 1.807) is 0 Å². The van der Waals surface area contributed by atoms with Crippen LogP contribution < -0.4 is 0 Å². The third kappa shape index (κ3) is 13.6. The number of rotatable bonds is 4. The minimum absolute atomic E-state index is 0.125. The Kier molecular flexibility index (Phi) is 19.2. The van der Waals surface area contributed by atoms with Crippen molar-refractivity contribution in [2.75, 3.05) is 13.2 Å². The van der Waals surface area contributed by atoms with Crippen LogP contribution >= 0.6 is 0 Å². The fraction of sp³-hybridized carbons (Fsp3) is 0.846. The van der Waals surface area contributed by atoms with Gasteiger partial charge in [0.2, 0.25) is 0 Å². The SMILES string of the molecule is C=C.CC(C)N(C(C)C)C(C)C.OCCO. The average Bonchev–Trinajstić information content (AvgIpc) is 2.19. The normalized spacial score (nSPS) is 10.0. The summed E-state index contributed by atoms with van der Waals surface area (Å²) >= 11 is 0. The third-order valence-corrected chi connectivity index (χ3v) is 1.89. The fourth-order valence-electron chi connectivity index (χ4n) is 1.79. The van der Waals surface area contributed by atoms with Gasteiger partial charge >= 0.3 is 0 Å². The molecule has 0 unspecified atom stereocenters. The zero-order valence-corrected chi connectivity index (χ0v) is 11.9. The first-order chi connectivity index (χ1) is 7.38. The van der Waals surface area contributed by atoms with Gasteiger partial charge in [-0.05, 0) is 41.5 Å². The highest BCUT2D eigenvalue weighted by Crippen LogP contribution is 2.08. The van der Waals surface area contributed by atoms with E-state index in [-0.39, 0.29) is 13.2 Å². The van der Waals surface area contributed by atoms with Crippen LogP contribution in [0, 0.1) is 0 Å². The van der Waals surface area contributed by atoms with Crippen molar-refractivity contribution in [1.82, 2.24) is 4.90 Å². The van der Waals surface area contributed by atoms with Crippen molar-refractivity contribution in [2.45, 2.75) is 59.7 Å². The molecule has 0 aliphatic carbocycles. The molecule has 0 saturated carbocycles. The molecule has 3 heteroatoms. The second-order valence-electron chi connectivity index (χ2n) is 4.18. The molecule has 0 aromatic rings. The second kappa shape index (κ2) is 14.6. The molecule has 0 atom stereocenters. The minimum atomic E-state index is -0.125. The number of aliphatic hydroxyl groups is 2. The molecule has 0 aliphatic rings. The summed E-state index contributed by atoms with van der Waals surface area (Å²) in [7, 11) is 0. The van der Waals surface area contributed by atoms with Crippen LogP contribution in [-0.2, 0) is 0 Å². The van der Waals surface area contributed by atoms with Crippen molar-refractivity contribution in [1.29, 1.82) is 0 Å². The maximum atomic E-state index is 7.62. The molecule has 0 fully saturated rings. The lowest BCUT2D eigenvalue weighted by molar-refractivity contribution is 0.133. The van der Waals surface area contributed by atoms with E-state index in [1.165, 1.54) is 0 Å². The molecule has 100 valence electrons. The molecule has 0 aromatic carbocycles. The van der Waals surface area contributed by atoms with E-state index < -0.39 is 0 Å². The molecule has 0 rings (SSSR count). The summed E-state index contributed by atoms with van der Waals surface area (Å²) in [6, 6.07) is 2.00. The quantitative estimate of drug-likeness (QED) is 0.732. The van der Waals surface area contributed by atoms with Gasteiger partial charge in [-0.15, -0.1) is 13.2 Å². The Labute approximate surface area is 102 Å². The van der Waals surface area contributed by atoms with Gasteiger partial charge in [-0.25, -0.2) is 0 Å². The van der Waals surface area contributed by atoms with Crippen LogP contribution in [0.25, 0.3) is 0 Å². The lowest BCUT2D eigenvalue weighted by Gasteiger charge is -2.34. The highest BCUT2D eigenvalue weighted by atomic mass is 16.3. The van der Waals surface area contributed by atoms with Gasteiger partial charge in [0.05, 0.1) is 13.2 Å². The Morgan fingerprint density at radius 3 is 0.938 bits per heavy atom. The number of aliphatic hydroxyl groups excluding tert-OH is 2. The van der Waals surface area contributed by atoms with E-state index in [0.29, 0.717) is 18.1 Å². The second-order valence-corrected chi connectivity index (χ2v) is 4.18. The van der Waals surface area contributed by atoms with Crippen molar-refractivity contribution in [3.05, 3.63) is 13.2 Å². The summed E-state index contributed by atoms with van der Waals surface area (Å²) in [6.07, 6.45) is 0. The summed E-state index contributed by atoms with van der Waals surface area (Å²) in [5.74, 6) is 0. The van der Waals surface area contributed by atoms with E-state index in [1.807, 2.05) is 0 Å². The zero-order chi connectivity index (χ0) is 13.7. The Morgan fingerprint density at radius 1 is 0.750 bits per heavy atom. The number of nitrogens with zero attached hydrogens (tertiary/aromatic N) is 1. The van der Waals surface area contributed by atoms with Crippen LogP contribution in [0.1, 0.15) is 41.5 Å². The van der Waals surface area contributed by atoms with Gasteiger partial charge in [0.25, 0.3) is 0 Å². The summed E-state index contributed by atoms with van der Waals surface area (Å²) in [4.78, 5) is 2.50. The molecule has 0 amide bonds. The Morgan fingerprint density at radius 2 is 0.938 bits per heavy atom. The van der Waals surface area contributed by atoms with Crippen molar-refractivity contribution in [3.8, 4) is 0 Å². The van der Waals surface area contributed by atoms with Crippen molar-refractivity contribution in [3.63, 3.8) is 0 Å². The minimum Gasteiger partial charge on any atom is -0.394 e. The van der Waals surface area contributed by atoms with Gasteiger partial charge in [0.15, 0.2) is 0 Å². The highest BCUT2D eigenvalue weighted by Gasteiger charge is 2.15. The first-order valence-corrected chi connectivity index (χ1v) is 5.87. The monoisotopic (exact) mass is 233 g/mol. The van der Waals surface area contributed by atoms with Crippen molar-refractivity contribution < 1.29 is 10.2 Å². The number of hydrogen-bond donors (Lipinski definition) is 2. The van der Waals surface area contributed by atoms with Crippen LogP contribution in [0.2, 0.25) is 0 Å². The Hall–Kier alpha value is -0.380. The van der Waals surface area contributed by atoms with Crippen LogP contribution in [0.3, 0.4) is 0 Å². The van der Waals surface area contributed by atoms with Crippen molar-refractivity contribution in [2.24, 2.45) is 0 Å². The van der Waals surface area contributed by atoms with Gasteiger partial charge < -0.3 is 10.2 Å². The highest BCUT2D eigenvalue weighted by molar-refractivity contribution is 4.70. The predicted molar refractivity (Wildman–Crippen MR) is 72.7 cm³/mol. The summed E-state index contributed by atoms with van der Waals surface area (Å²) in [5.41, 5.74) is 0. The smallest absolute Gasteiger partial charge is 0.0662 e. The third-order valence-electron chi connectivity index (χ3n) is 1.89. The van der Waals surface area contributed by atoms with Gasteiger partial charge in [0, 0.05) is 18.1 Å². The summed E-state index contributed by atoms with van der Waals surface area (Å²) < 4.78 is 0. The summed E-state index contributed by atoms with van der Waals surface area (Å²) in [5, 5.41) is 15.2. The maximum Gasteiger partial charge on any atom is 0.0662 e. The van der Waals surface area contributed by atoms with Gasteiger partial charge in [-0.3, -0.25) is 4.90 Å². The molecule has 0 saturated heterocycles. The van der Waals surface area contributed by atoms with Crippen LogP contribution in [0.4, 0.5) is 0 Å². The molecular weight excluding hydrogens is 202 g/mol. The molecule has 0 heterocycles. The topological polar surface area (TPSA) is 43.7 Å². The number of hydrogen-bond acceptors (Lipinski definition) is 3. The standard InChI is InChI=1S/C9H21N.C2H6O2.C2H4/c1-7(2)10(8(3)4)9(5)6;3-1-2-4;1-2/h7-9H,1-6H3;3-4H,1-2H2;1-2H2. The Bertz CT molecular complexity index is 104. The predicted octanol–water partition coefficient (Wildman–Crippen LogP) is 2.29. The molecule has 3 nitrogen and oxygen atoms in total. The first kappa shape index (κ1) is 21.0. The molecule has 2 N–H and O–H groups in total. The van der Waals surface area contributed by atoms with E-state index in [0.717, 1.165) is 0 Å². The zero-order valence-electron chi connectivity index (χ0n) is 11.9. The average molecular weight is 233 g/mol. The molecule has 16 heavy (non-hydrogen) atoms. The maximum absolute atomic E-state index is 7.62. The molecule has 0 radical (unpaired) electrons. The molecule has 0 bridgehead atoms. The lowest BCUT2D eigenvalue weighted by Crippen LogP contribution is -2.42. The van der Waals surface area contributed by atoms with Gasteiger partial charge in [-0.2, -0.15) is 0 Å². The van der Waals surface area contributed by atoms with E-state index in [4.69, 9.17) is 10.2 Å². The molecule has 0 aliphatic heterocycles. The molecule has 0 aromatic heterocycles. The fourth-order valence-corrected chi connectivity index (χ4v) is 1.79. The van der Waals surface area contributed by atoms with Crippen LogP contribution in [0.15, 0.2) is 13.2 Å². The first-order valence-electron chi connectivity index (χ1n) is 5.87. The summed E-state index contributed by atoms with van der Waals surface area (Å²) in [6.45, 7) is 19.2. The largest absolute Gasteiger partial charge is 0.394 e. The Balaban J connectivity index is -0.000000237. The molecular formula is C13H31NO2. The van der Waals surface area contributed by atoms with E-state index in [9.17, 15) is 0 Å². The van der Waals surface area contributed by atoms with Crippen LogP contribution in [0.5, 0.6) is 0 Å². The van der Waals surface area contributed by atoms with Crippen molar-refractivity contribution >= 4 is 0 Å². The van der Waals surface area contributed by atoms with E-state index in [2.05, 4.69) is 59.6 Å². The van der Waals surface area contributed by atoms with Crippen LogP contribution in [-0.4, -0.2) is 46.5 Å². The van der Waals surface area contributed by atoms with Gasteiger partial charge in [-0.1, -0.05) is 0 Å². The van der Waals surface area contributed by atoms with E-state index >= 15 is 0 Å². The lowest BCUT2D eigenvalue weighted by atomic mass is 10.2. The molecule has 0 spiro atoms.